The Hall–Kier alpha value is -0.830. The standard InChI is InChI=1S/C11H18N2O/c1-10(2)7-9(11(3,4)14-10)13-6-5-12-8-13/h5-6,8-9H,7H2,1-4H3. The third-order valence-electron chi connectivity index (χ3n) is 2.91. The normalized spacial score (nSPS) is 29.3. The molecule has 0 bridgehead atoms. The predicted octanol–water partition coefficient (Wildman–Crippen LogP) is 2.40. The molecule has 0 aliphatic carbocycles. The Morgan fingerprint density at radius 1 is 1.36 bits per heavy atom. The van der Waals surface area contributed by atoms with Gasteiger partial charge in [-0.05, 0) is 34.1 Å². The van der Waals surface area contributed by atoms with Gasteiger partial charge in [-0.15, -0.1) is 0 Å². The molecular weight excluding hydrogens is 176 g/mol. The van der Waals surface area contributed by atoms with E-state index in [1.165, 1.54) is 0 Å². The van der Waals surface area contributed by atoms with Gasteiger partial charge in [-0.2, -0.15) is 0 Å². The first-order valence-corrected chi connectivity index (χ1v) is 5.08. The van der Waals surface area contributed by atoms with Crippen molar-refractivity contribution in [2.75, 3.05) is 0 Å². The Kier molecular flexibility index (Phi) is 1.96. The molecule has 1 unspecified atom stereocenters. The Morgan fingerprint density at radius 2 is 2.07 bits per heavy atom. The molecule has 1 saturated heterocycles. The summed E-state index contributed by atoms with van der Waals surface area (Å²) in [7, 11) is 0. The highest BCUT2D eigenvalue weighted by molar-refractivity contribution is 4.99. The predicted molar refractivity (Wildman–Crippen MR) is 55.1 cm³/mol. The highest BCUT2D eigenvalue weighted by Crippen LogP contribution is 2.44. The Morgan fingerprint density at radius 3 is 2.50 bits per heavy atom. The lowest BCUT2D eigenvalue weighted by Crippen LogP contribution is -2.30. The van der Waals surface area contributed by atoms with E-state index in [-0.39, 0.29) is 11.2 Å². The summed E-state index contributed by atoms with van der Waals surface area (Å²) in [6.07, 6.45) is 6.74. The first kappa shape index (κ1) is 9.71. The number of nitrogens with zero attached hydrogens (tertiary/aromatic N) is 2. The third kappa shape index (κ3) is 1.57. The van der Waals surface area contributed by atoms with Crippen LogP contribution >= 0.6 is 0 Å². The number of ether oxygens (including phenoxy) is 1. The average Bonchev–Trinajstić information content (AvgIpc) is 2.54. The fraction of sp³-hybridized carbons (Fsp3) is 0.727. The lowest BCUT2D eigenvalue weighted by atomic mass is 9.94. The van der Waals surface area contributed by atoms with Gasteiger partial charge < -0.3 is 9.30 Å². The summed E-state index contributed by atoms with van der Waals surface area (Å²) in [5.41, 5.74) is -0.136. The minimum absolute atomic E-state index is 0.0293. The monoisotopic (exact) mass is 194 g/mol. The largest absolute Gasteiger partial charge is 0.367 e. The van der Waals surface area contributed by atoms with Crippen molar-refractivity contribution in [2.24, 2.45) is 0 Å². The van der Waals surface area contributed by atoms with Crippen LogP contribution in [-0.2, 0) is 4.74 Å². The second-order valence-electron chi connectivity index (χ2n) is 5.20. The van der Waals surface area contributed by atoms with Gasteiger partial charge in [0.25, 0.3) is 0 Å². The molecule has 1 aliphatic heterocycles. The van der Waals surface area contributed by atoms with Crippen LogP contribution in [0.15, 0.2) is 18.7 Å². The van der Waals surface area contributed by atoms with Gasteiger partial charge in [-0.1, -0.05) is 0 Å². The van der Waals surface area contributed by atoms with E-state index in [2.05, 4.69) is 37.2 Å². The molecule has 0 spiro atoms. The van der Waals surface area contributed by atoms with Crippen LogP contribution in [0.3, 0.4) is 0 Å². The number of rotatable bonds is 1. The number of hydrogen-bond acceptors (Lipinski definition) is 2. The SMILES string of the molecule is CC1(C)CC(n2ccnc2)C(C)(C)O1. The lowest BCUT2D eigenvalue weighted by Gasteiger charge is -2.27. The van der Waals surface area contributed by atoms with Gasteiger partial charge in [0.15, 0.2) is 0 Å². The first-order chi connectivity index (χ1) is 6.41. The molecule has 0 radical (unpaired) electrons. The van der Waals surface area contributed by atoms with Crippen LogP contribution in [0.5, 0.6) is 0 Å². The van der Waals surface area contributed by atoms with E-state index in [4.69, 9.17) is 4.74 Å². The molecule has 1 aliphatic rings. The summed E-state index contributed by atoms with van der Waals surface area (Å²) < 4.78 is 8.17. The van der Waals surface area contributed by atoms with Crippen molar-refractivity contribution in [2.45, 2.75) is 51.4 Å². The summed E-state index contributed by atoms with van der Waals surface area (Å²) >= 11 is 0. The number of aromatic nitrogens is 2. The molecule has 0 N–H and O–H groups in total. The summed E-state index contributed by atoms with van der Waals surface area (Å²) in [5.74, 6) is 0. The molecule has 1 atom stereocenters. The molecule has 3 heteroatoms. The summed E-state index contributed by atoms with van der Waals surface area (Å²) in [5, 5.41) is 0. The average molecular weight is 194 g/mol. The smallest absolute Gasteiger partial charge is 0.0949 e. The van der Waals surface area contributed by atoms with Crippen molar-refractivity contribution >= 4 is 0 Å². The van der Waals surface area contributed by atoms with Crippen LogP contribution in [0.1, 0.15) is 40.2 Å². The van der Waals surface area contributed by atoms with Gasteiger partial charge in [0.05, 0.1) is 23.6 Å². The van der Waals surface area contributed by atoms with Gasteiger partial charge in [0.2, 0.25) is 0 Å². The zero-order chi connectivity index (χ0) is 10.4. The highest BCUT2D eigenvalue weighted by Gasteiger charge is 2.46. The highest BCUT2D eigenvalue weighted by atomic mass is 16.5. The van der Waals surface area contributed by atoms with E-state index in [1.54, 1.807) is 0 Å². The second kappa shape index (κ2) is 2.83. The van der Waals surface area contributed by atoms with Gasteiger partial charge in [0.1, 0.15) is 0 Å². The molecule has 0 amide bonds. The van der Waals surface area contributed by atoms with Gasteiger partial charge in [0, 0.05) is 12.4 Å². The molecule has 1 aromatic heterocycles. The summed E-state index contributed by atoms with van der Waals surface area (Å²) in [4.78, 5) is 4.09. The van der Waals surface area contributed by atoms with Gasteiger partial charge in [-0.3, -0.25) is 0 Å². The van der Waals surface area contributed by atoms with Crippen molar-refractivity contribution < 1.29 is 4.74 Å². The van der Waals surface area contributed by atoms with E-state index in [9.17, 15) is 0 Å². The summed E-state index contributed by atoms with van der Waals surface area (Å²) in [6, 6.07) is 0.389. The Labute approximate surface area is 85.1 Å². The van der Waals surface area contributed by atoms with Crippen molar-refractivity contribution in [1.29, 1.82) is 0 Å². The molecule has 2 heterocycles. The van der Waals surface area contributed by atoms with Crippen LogP contribution in [0, 0.1) is 0 Å². The Bertz CT molecular complexity index is 314. The maximum atomic E-state index is 6.02. The first-order valence-electron chi connectivity index (χ1n) is 5.08. The molecule has 1 fully saturated rings. The topological polar surface area (TPSA) is 27.1 Å². The molecule has 2 rings (SSSR count). The zero-order valence-corrected chi connectivity index (χ0v) is 9.32. The quantitative estimate of drug-likeness (QED) is 0.686. The summed E-state index contributed by atoms with van der Waals surface area (Å²) in [6.45, 7) is 8.58. The zero-order valence-electron chi connectivity index (χ0n) is 9.32. The molecule has 3 nitrogen and oxygen atoms in total. The van der Waals surface area contributed by atoms with Crippen molar-refractivity contribution in [3.05, 3.63) is 18.7 Å². The van der Waals surface area contributed by atoms with E-state index >= 15 is 0 Å². The fourth-order valence-corrected chi connectivity index (χ4v) is 2.45. The molecule has 0 aromatic carbocycles. The molecule has 14 heavy (non-hydrogen) atoms. The minimum Gasteiger partial charge on any atom is -0.367 e. The Balaban J connectivity index is 2.29. The molecule has 1 aromatic rings. The third-order valence-corrected chi connectivity index (χ3v) is 2.91. The lowest BCUT2D eigenvalue weighted by molar-refractivity contribution is -0.0729. The van der Waals surface area contributed by atoms with Crippen molar-refractivity contribution in [3.63, 3.8) is 0 Å². The van der Waals surface area contributed by atoms with Crippen LogP contribution in [-0.4, -0.2) is 20.8 Å². The van der Waals surface area contributed by atoms with E-state index in [1.807, 2.05) is 18.7 Å². The maximum Gasteiger partial charge on any atom is 0.0949 e. The van der Waals surface area contributed by atoms with E-state index < -0.39 is 0 Å². The van der Waals surface area contributed by atoms with Crippen LogP contribution in [0.25, 0.3) is 0 Å². The maximum absolute atomic E-state index is 6.02. The van der Waals surface area contributed by atoms with Gasteiger partial charge in [-0.25, -0.2) is 4.98 Å². The van der Waals surface area contributed by atoms with Gasteiger partial charge >= 0.3 is 0 Å². The number of hydrogen-bond donors (Lipinski definition) is 0. The molecule has 78 valence electrons. The van der Waals surface area contributed by atoms with E-state index in [0.717, 1.165) is 6.42 Å². The number of imidazole rings is 1. The van der Waals surface area contributed by atoms with E-state index in [0.29, 0.717) is 6.04 Å². The van der Waals surface area contributed by atoms with Crippen LogP contribution in [0.2, 0.25) is 0 Å². The van der Waals surface area contributed by atoms with Crippen LogP contribution < -0.4 is 0 Å². The van der Waals surface area contributed by atoms with Crippen molar-refractivity contribution in [3.8, 4) is 0 Å². The second-order valence-corrected chi connectivity index (χ2v) is 5.20. The molecular formula is C11H18N2O. The van der Waals surface area contributed by atoms with Crippen molar-refractivity contribution in [1.82, 2.24) is 9.55 Å². The molecule has 0 saturated carbocycles. The van der Waals surface area contributed by atoms with Crippen LogP contribution in [0.4, 0.5) is 0 Å². The minimum atomic E-state index is -0.107. The fourth-order valence-electron chi connectivity index (χ4n) is 2.45.